The molecule has 0 radical (unpaired) electrons. The smallest absolute Gasteiger partial charge is 0.399 e. The second-order valence-electron chi connectivity index (χ2n) is 12.4. The SMILES string of the molecule is C[C@@H]1Cc2cc(B3OC(C)(C)C(C)(C)O3)ccc2[C@@H](c2ccc(NC3CN(CCCF)C3)cn2)N1CC(F)(F)F. The lowest BCUT2D eigenvalue weighted by Gasteiger charge is -2.42. The molecular weight excluding hydrogens is 523 g/mol. The van der Waals surface area contributed by atoms with E-state index in [4.69, 9.17) is 9.31 Å². The van der Waals surface area contributed by atoms with Crippen molar-refractivity contribution in [1.29, 1.82) is 0 Å². The van der Waals surface area contributed by atoms with Gasteiger partial charge < -0.3 is 14.6 Å². The molecule has 5 rings (SSSR count). The van der Waals surface area contributed by atoms with Crippen LogP contribution in [0.4, 0.5) is 23.2 Å². The molecule has 1 aromatic heterocycles. The molecule has 2 fully saturated rings. The van der Waals surface area contributed by atoms with Gasteiger partial charge in [-0.3, -0.25) is 19.2 Å². The first kappa shape index (κ1) is 29.3. The number of nitrogens with one attached hydrogen (secondary N) is 1. The fourth-order valence-corrected chi connectivity index (χ4v) is 5.86. The van der Waals surface area contributed by atoms with E-state index in [1.807, 2.05) is 65.0 Å². The standard InChI is InChI=1S/C29H39BF4N4O2/c1-19-13-20-14-21(30-39-27(2,3)28(4,5)40-30)7-9-24(20)26(38(19)18-29(32,33)34)25-10-8-22(15-35-25)36-23-16-37(17-23)12-6-11-31/h7-10,14-15,19,23,26,36H,6,11-13,16-18H2,1-5H3/t19-,26+/m1/s1. The largest absolute Gasteiger partial charge is 0.494 e. The maximum atomic E-state index is 13.7. The number of aromatic nitrogens is 1. The highest BCUT2D eigenvalue weighted by atomic mass is 19.4. The summed E-state index contributed by atoms with van der Waals surface area (Å²) in [5, 5.41) is 3.42. The van der Waals surface area contributed by atoms with Crippen LogP contribution in [0.3, 0.4) is 0 Å². The van der Waals surface area contributed by atoms with Gasteiger partial charge in [-0.2, -0.15) is 13.2 Å². The minimum absolute atomic E-state index is 0.248. The zero-order valence-corrected chi connectivity index (χ0v) is 23.9. The fraction of sp³-hybridized carbons (Fsp3) is 0.621. The maximum Gasteiger partial charge on any atom is 0.494 e. The molecule has 0 bridgehead atoms. The number of pyridine rings is 1. The normalized spacial score (nSPS) is 25.1. The van der Waals surface area contributed by atoms with Crippen LogP contribution in [-0.4, -0.2) is 84.2 Å². The summed E-state index contributed by atoms with van der Waals surface area (Å²) in [5.41, 5.74) is 3.08. The highest BCUT2D eigenvalue weighted by Crippen LogP contribution is 2.40. The molecule has 2 aromatic rings. The van der Waals surface area contributed by atoms with Gasteiger partial charge in [-0.15, -0.1) is 0 Å². The minimum atomic E-state index is -4.34. The van der Waals surface area contributed by atoms with E-state index >= 15 is 0 Å². The van der Waals surface area contributed by atoms with Crippen molar-refractivity contribution >= 4 is 18.3 Å². The van der Waals surface area contributed by atoms with E-state index in [0.717, 1.165) is 41.9 Å². The first-order valence-corrected chi connectivity index (χ1v) is 14.1. The topological polar surface area (TPSA) is 49.9 Å². The average molecular weight is 562 g/mol. The third-order valence-electron chi connectivity index (χ3n) is 8.76. The molecule has 0 saturated carbocycles. The number of nitrogens with zero attached hydrogens (tertiary/aromatic N) is 3. The Bertz CT molecular complexity index is 1170. The maximum absolute atomic E-state index is 13.7. The van der Waals surface area contributed by atoms with Gasteiger partial charge >= 0.3 is 13.3 Å². The van der Waals surface area contributed by atoms with Crippen LogP contribution in [0.15, 0.2) is 36.5 Å². The number of hydrogen-bond acceptors (Lipinski definition) is 6. The van der Waals surface area contributed by atoms with Crippen molar-refractivity contribution in [3.05, 3.63) is 53.3 Å². The van der Waals surface area contributed by atoms with Gasteiger partial charge in [0.2, 0.25) is 0 Å². The van der Waals surface area contributed by atoms with Gasteiger partial charge in [-0.1, -0.05) is 18.2 Å². The molecule has 1 N–H and O–H groups in total. The molecule has 1 aromatic carbocycles. The summed E-state index contributed by atoms with van der Waals surface area (Å²) >= 11 is 0. The van der Waals surface area contributed by atoms with Crippen LogP contribution in [0.1, 0.15) is 63.9 Å². The summed E-state index contributed by atoms with van der Waals surface area (Å²) in [6.45, 7) is 10.9. The Hall–Kier alpha value is -2.21. The van der Waals surface area contributed by atoms with Gasteiger partial charge in [0, 0.05) is 25.7 Å². The molecule has 2 atom stereocenters. The highest BCUT2D eigenvalue weighted by Gasteiger charge is 2.52. The summed E-state index contributed by atoms with van der Waals surface area (Å²) in [5.74, 6) is 0. The molecular formula is C29H39BF4N4O2. The number of likely N-dealkylation sites (tertiary alicyclic amines) is 1. The number of alkyl halides is 4. The van der Waals surface area contributed by atoms with Crippen molar-refractivity contribution in [3.8, 4) is 0 Å². The second kappa shape index (κ2) is 10.9. The molecule has 0 unspecified atom stereocenters. The third kappa shape index (κ3) is 6.03. The van der Waals surface area contributed by atoms with Crippen molar-refractivity contribution in [1.82, 2.24) is 14.8 Å². The Labute approximate surface area is 234 Å². The van der Waals surface area contributed by atoms with E-state index in [2.05, 4.69) is 15.2 Å². The van der Waals surface area contributed by atoms with Gasteiger partial charge in [0.1, 0.15) is 0 Å². The number of benzene rings is 1. The van der Waals surface area contributed by atoms with Crippen molar-refractivity contribution < 1.29 is 26.9 Å². The summed E-state index contributed by atoms with van der Waals surface area (Å²) in [6, 6.07) is 8.79. The zero-order chi connectivity index (χ0) is 28.9. The molecule has 0 aliphatic carbocycles. The number of anilines is 1. The molecule has 3 aliphatic heterocycles. The first-order valence-electron chi connectivity index (χ1n) is 14.1. The number of fused-ring (bicyclic) bond motifs is 1. The van der Waals surface area contributed by atoms with Crippen LogP contribution in [0.25, 0.3) is 0 Å². The first-order chi connectivity index (χ1) is 18.8. The van der Waals surface area contributed by atoms with Crippen LogP contribution in [0, 0.1) is 0 Å². The van der Waals surface area contributed by atoms with Gasteiger partial charge in [0.05, 0.1) is 54.1 Å². The van der Waals surface area contributed by atoms with E-state index in [0.29, 0.717) is 18.5 Å². The predicted octanol–water partition coefficient (Wildman–Crippen LogP) is 4.73. The van der Waals surface area contributed by atoms with Gasteiger partial charge in [-0.05, 0) is 76.2 Å². The van der Waals surface area contributed by atoms with Crippen LogP contribution < -0.4 is 10.8 Å². The summed E-state index contributed by atoms with van der Waals surface area (Å²) in [6.07, 6.45) is -1.62. The van der Waals surface area contributed by atoms with E-state index in [-0.39, 0.29) is 18.8 Å². The lowest BCUT2D eigenvalue weighted by molar-refractivity contribution is -0.155. The van der Waals surface area contributed by atoms with Crippen LogP contribution >= 0.6 is 0 Å². The molecule has 3 aliphatic rings. The monoisotopic (exact) mass is 562 g/mol. The van der Waals surface area contributed by atoms with Crippen LogP contribution in [-0.2, 0) is 15.7 Å². The molecule has 11 heteroatoms. The Balaban J connectivity index is 1.39. The molecule has 0 spiro atoms. The summed E-state index contributed by atoms with van der Waals surface area (Å²) in [7, 11) is -0.542. The molecule has 218 valence electrons. The van der Waals surface area contributed by atoms with E-state index in [9.17, 15) is 17.6 Å². The second-order valence-corrected chi connectivity index (χ2v) is 12.4. The number of halogens is 4. The Morgan fingerprint density at radius 1 is 1.07 bits per heavy atom. The molecule has 6 nitrogen and oxygen atoms in total. The van der Waals surface area contributed by atoms with Gasteiger partial charge in [0.25, 0.3) is 0 Å². The molecule has 2 saturated heterocycles. The Kier molecular flexibility index (Phi) is 7.98. The minimum Gasteiger partial charge on any atom is -0.399 e. The van der Waals surface area contributed by atoms with E-state index in [1.54, 1.807) is 6.20 Å². The van der Waals surface area contributed by atoms with E-state index < -0.39 is 37.1 Å². The molecule has 4 heterocycles. The summed E-state index contributed by atoms with van der Waals surface area (Å²) in [4.78, 5) is 8.34. The van der Waals surface area contributed by atoms with Crippen molar-refractivity contribution in [3.63, 3.8) is 0 Å². The Morgan fingerprint density at radius 3 is 2.38 bits per heavy atom. The lowest BCUT2D eigenvalue weighted by Crippen LogP contribution is -2.54. The Morgan fingerprint density at radius 2 is 1.77 bits per heavy atom. The lowest BCUT2D eigenvalue weighted by atomic mass is 9.75. The third-order valence-corrected chi connectivity index (χ3v) is 8.76. The van der Waals surface area contributed by atoms with Gasteiger partial charge in [0.15, 0.2) is 0 Å². The van der Waals surface area contributed by atoms with Gasteiger partial charge in [-0.25, -0.2) is 0 Å². The zero-order valence-electron chi connectivity index (χ0n) is 23.9. The van der Waals surface area contributed by atoms with Crippen molar-refractivity contribution in [2.45, 2.75) is 83.0 Å². The van der Waals surface area contributed by atoms with Crippen LogP contribution in [0.5, 0.6) is 0 Å². The number of rotatable bonds is 8. The average Bonchev–Trinajstić information content (AvgIpc) is 3.07. The molecule has 0 amide bonds. The summed E-state index contributed by atoms with van der Waals surface area (Å²) < 4.78 is 66.0. The highest BCUT2D eigenvalue weighted by molar-refractivity contribution is 6.62. The van der Waals surface area contributed by atoms with E-state index in [1.165, 1.54) is 4.90 Å². The molecule has 40 heavy (non-hydrogen) atoms. The quantitative estimate of drug-likeness (QED) is 0.371. The van der Waals surface area contributed by atoms with Crippen LogP contribution in [0.2, 0.25) is 0 Å². The predicted molar refractivity (Wildman–Crippen MR) is 149 cm³/mol. The fourth-order valence-electron chi connectivity index (χ4n) is 5.86. The van der Waals surface area contributed by atoms with Crippen molar-refractivity contribution in [2.75, 3.05) is 38.2 Å². The number of hydrogen-bond donors (Lipinski definition) is 1. The van der Waals surface area contributed by atoms with Crippen molar-refractivity contribution in [2.24, 2.45) is 0 Å².